The summed E-state index contributed by atoms with van der Waals surface area (Å²) < 4.78 is 5.38. The van der Waals surface area contributed by atoms with Crippen molar-refractivity contribution in [3.05, 3.63) is 53.6 Å². The van der Waals surface area contributed by atoms with E-state index in [1.807, 2.05) is 12.1 Å². The Morgan fingerprint density at radius 3 is 2.46 bits per heavy atom. The number of carbonyl (C=O) groups excluding carboxylic acids is 1. The van der Waals surface area contributed by atoms with Crippen molar-refractivity contribution in [1.82, 2.24) is 0 Å². The van der Waals surface area contributed by atoms with Crippen LogP contribution in [0, 0.1) is 0 Å². The van der Waals surface area contributed by atoms with Crippen molar-refractivity contribution in [3.8, 4) is 11.5 Å². The zero-order chi connectivity index (χ0) is 17.5. The Bertz CT molecular complexity index is 725. The molecule has 0 heterocycles. The van der Waals surface area contributed by atoms with Gasteiger partial charge in [-0.2, -0.15) is 0 Å². The number of aryl methyl sites for hydroxylation is 1. The van der Waals surface area contributed by atoms with E-state index in [0.717, 1.165) is 12.8 Å². The maximum absolute atomic E-state index is 11.9. The molecular formula is C18H19NO5. The van der Waals surface area contributed by atoms with Crippen molar-refractivity contribution in [3.63, 3.8) is 0 Å². The summed E-state index contributed by atoms with van der Waals surface area (Å²) in [4.78, 5) is 22.8. The molecule has 126 valence electrons. The summed E-state index contributed by atoms with van der Waals surface area (Å²) in [6, 6.07) is 11.1. The zero-order valence-electron chi connectivity index (χ0n) is 13.3. The van der Waals surface area contributed by atoms with E-state index in [1.54, 1.807) is 12.1 Å². The zero-order valence-corrected chi connectivity index (χ0v) is 13.3. The molecule has 1 amide bonds. The van der Waals surface area contributed by atoms with E-state index in [9.17, 15) is 14.7 Å². The lowest BCUT2D eigenvalue weighted by molar-refractivity contribution is -0.118. The Kier molecular flexibility index (Phi) is 5.78. The molecule has 0 unspecified atom stereocenters. The van der Waals surface area contributed by atoms with Crippen LogP contribution in [0.5, 0.6) is 11.5 Å². The Hall–Kier alpha value is -3.02. The minimum absolute atomic E-state index is 0.0294. The summed E-state index contributed by atoms with van der Waals surface area (Å²) in [5, 5.41) is 21.0. The molecule has 0 saturated carbocycles. The van der Waals surface area contributed by atoms with Crippen molar-refractivity contribution in [2.24, 2.45) is 0 Å². The molecule has 0 spiro atoms. The predicted octanol–water partition coefficient (Wildman–Crippen LogP) is 3.06. The quantitative estimate of drug-likeness (QED) is 0.679. The van der Waals surface area contributed by atoms with Gasteiger partial charge in [0.25, 0.3) is 5.91 Å². The number of aromatic hydroxyl groups is 1. The van der Waals surface area contributed by atoms with Crippen molar-refractivity contribution < 1.29 is 24.5 Å². The Morgan fingerprint density at radius 2 is 1.83 bits per heavy atom. The summed E-state index contributed by atoms with van der Waals surface area (Å²) in [6.07, 6.45) is 2.04. The van der Waals surface area contributed by atoms with Gasteiger partial charge in [-0.1, -0.05) is 25.5 Å². The van der Waals surface area contributed by atoms with Crippen LogP contribution in [-0.2, 0) is 11.2 Å². The average Bonchev–Trinajstić information content (AvgIpc) is 2.56. The molecule has 2 rings (SSSR count). The number of rotatable bonds is 7. The first-order valence-electron chi connectivity index (χ1n) is 7.57. The molecule has 2 aromatic rings. The van der Waals surface area contributed by atoms with E-state index in [1.165, 1.54) is 23.8 Å². The van der Waals surface area contributed by atoms with Gasteiger partial charge < -0.3 is 20.3 Å². The number of carboxylic acids is 1. The number of carboxylic acid groups (broad SMARTS) is 1. The Labute approximate surface area is 139 Å². The lowest BCUT2D eigenvalue weighted by Crippen LogP contribution is -2.20. The fourth-order valence-electron chi connectivity index (χ4n) is 2.15. The number of carbonyl (C=O) groups is 2. The van der Waals surface area contributed by atoms with Crippen LogP contribution in [0.4, 0.5) is 5.69 Å². The SMILES string of the molecule is CCCc1ccc(OCC(=O)Nc2cc(C(=O)O)ccc2O)cc1. The van der Waals surface area contributed by atoms with E-state index in [2.05, 4.69) is 12.2 Å². The molecule has 0 saturated heterocycles. The van der Waals surface area contributed by atoms with Crippen LogP contribution in [0.2, 0.25) is 0 Å². The molecular weight excluding hydrogens is 310 g/mol. The van der Waals surface area contributed by atoms with Gasteiger partial charge in [0.15, 0.2) is 6.61 Å². The van der Waals surface area contributed by atoms with Crippen molar-refractivity contribution in [2.45, 2.75) is 19.8 Å². The second-order valence-corrected chi connectivity index (χ2v) is 5.27. The van der Waals surface area contributed by atoms with E-state index < -0.39 is 11.9 Å². The second kappa shape index (κ2) is 8.01. The standard InChI is InChI=1S/C18H19NO5/c1-2-3-12-4-7-14(8-5-12)24-11-17(21)19-15-10-13(18(22)23)6-9-16(15)20/h4-10,20H,2-3,11H2,1H3,(H,19,21)(H,22,23). The molecule has 0 aliphatic heterocycles. The van der Waals surface area contributed by atoms with Crippen LogP contribution in [-0.4, -0.2) is 28.7 Å². The third kappa shape index (κ3) is 4.74. The first-order chi connectivity index (χ1) is 11.5. The van der Waals surface area contributed by atoms with Gasteiger partial charge in [-0.15, -0.1) is 0 Å². The average molecular weight is 329 g/mol. The maximum atomic E-state index is 11.9. The first-order valence-corrected chi connectivity index (χ1v) is 7.57. The van der Waals surface area contributed by atoms with E-state index in [0.29, 0.717) is 5.75 Å². The number of benzene rings is 2. The van der Waals surface area contributed by atoms with Crippen LogP contribution in [0.1, 0.15) is 29.3 Å². The highest BCUT2D eigenvalue weighted by molar-refractivity contribution is 5.96. The highest BCUT2D eigenvalue weighted by Gasteiger charge is 2.11. The van der Waals surface area contributed by atoms with Crippen LogP contribution in [0.25, 0.3) is 0 Å². The molecule has 0 aliphatic rings. The van der Waals surface area contributed by atoms with Gasteiger partial charge in [0.1, 0.15) is 11.5 Å². The van der Waals surface area contributed by atoms with Crippen molar-refractivity contribution in [1.29, 1.82) is 0 Å². The van der Waals surface area contributed by atoms with E-state index in [-0.39, 0.29) is 23.6 Å². The number of hydrogen-bond donors (Lipinski definition) is 3. The van der Waals surface area contributed by atoms with Crippen LogP contribution in [0.15, 0.2) is 42.5 Å². The molecule has 0 atom stereocenters. The molecule has 6 heteroatoms. The molecule has 24 heavy (non-hydrogen) atoms. The molecule has 6 nitrogen and oxygen atoms in total. The highest BCUT2D eigenvalue weighted by Crippen LogP contribution is 2.24. The number of amides is 1. The number of phenolic OH excluding ortho intramolecular Hbond substituents is 1. The molecule has 0 radical (unpaired) electrons. The number of ether oxygens (including phenoxy) is 1. The third-order valence-electron chi connectivity index (χ3n) is 3.35. The normalized spacial score (nSPS) is 10.2. The lowest BCUT2D eigenvalue weighted by Gasteiger charge is -2.10. The number of hydrogen-bond acceptors (Lipinski definition) is 4. The fraction of sp³-hybridized carbons (Fsp3) is 0.222. The van der Waals surface area contributed by atoms with E-state index >= 15 is 0 Å². The largest absolute Gasteiger partial charge is 0.506 e. The smallest absolute Gasteiger partial charge is 0.335 e. The van der Waals surface area contributed by atoms with Crippen molar-refractivity contribution in [2.75, 3.05) is 11.9 Å². The fourth-order valence-corrected chi connectivity index (χ4v) is 2.15. The molecule has 0 aliphatic carbocycles. The van der Waals surface area contributed by atoms with Gasteiger partial charge in [0.2, 0.25) is 0 Å². The Balaban J connectivity index is 1.93. The molecule has 0 bridgehead atoms. The van der Waals surface area contributed by atoms with Gasteiger partial charge in [0, 0.05) is 0 Å². The molecule has 3 N–H and O–H groups in total. The van der Waals surface area contributed by atoms with Gasteiger partial charge in [-0.3, -0.25) is 4.79 Å². The third-order valence-corrected chi connectivity index (χ3v) is 3.35. The van der Waals surface area contributed by atoms with Gasteiger partial charge >= 0.3 is 5.97 Å². The second-order valence-electron chi connectivity index (χ2n) is 5.27. The molecule has 0 aromatic heterocycles. The summed E-state index contributed by atoms with van der Waals surface area (Å²) >= 11 is 0. The number of nitrogens with one attached hydrogen (secondary N) is 1. The monoisotopic (exact) mass is 329 g/mol. The molecule has 2 aromatic carbocycles. The lowest BCUT2D eigenvalue weighted by atomic mass is 10.1. The minimum Gasteiger partial charge on any atom is -0.506 e. The minimum atomic E-state index is -1.14. The summed E-state index contributed by atoms with van der Waals surface area (Å²) in [6.45, 7) is 1.85. The maximum Gasteiger partial charge on any atom is 0.335 e. The van der Waals surface area contributed by atoms with Crippen LogP contribution >= 0.6 is 0 Å². The Morgan fingerprint density at radius 1 is 1.12 bits per heavy atom. The van der Waals surface area contributed by atoms with Crippen LogP contribution < -0.4 is 10.1 Å². The van der Waals surface area contributed by atoms with Gasteiger partial charge in [-0.05, 0) is 42.3 Å². The van der Waals surface area contributed by atoms with Gasteiger partial charge in [0.05, 0.1) is 11.3 Å². The number of aromatic carboxylic acids is 1. The molecule has 0 fully saturated rings. The number of anilines is 1. The van der Waals surface area contributed by atoms with Crippen molar-refractivity contribution >= 4 is 17.6 Å². The first kappa shape index (κ1) is 17.3. The van der Waals surface area contributed by atoms with Gasteiger partial charge in [-0.25, -0.2) is 4.79 Å². The topological polar surface area (TPSA) is 95.9 Å². The number of phenols is 1. The summed E-state index contributed by atoms with van der Waals surface area (Å²) in [5.41, 5.74) is 1.20. The van der Waals surface area contributed by atoms with Crippen LogP contribution in [0.3, 0.4) is 0 Å². The summed E-state index contributed by atoms with van der Waals surface area (Å²) in [5.74, 6) is -1.29. The highest BCUT2D eigenvalue weighted by atomic mass is 16.5. The summed E-state index contributed by atoms with van der Waals surface area (Å²) in [7, 11) is 0. The van der Waals surface area contributed by atoms with E-state index in [4.69, 9.17) is 9.84 Å². The predicted molar refractivity (Wildman–Crippen MR) is 89.6 cm³/mol.